The smallest absolute Gasteiger partial charge is 0.325 e. The lowest BCUT2D eigenvalue weighted by Gasteiger charge is -2.22. The largest absolute Gasteiger partial charge is 0.337 e. The van der Waals surface area contributed by atoms with E-state index >= 15 is 0 Å². The van der Waals surface area contributed by atoms with Crippen molar-refractivity contribution < 1.29 is 14.1 Å². The minimum atomic E-state index is -1.15. The maximum Gasteiger partial charge on any atom is 0.325 e. The zero-order chi connectivity index (χ0) is 18.0. The monoisotopic (exact) mass is 362 g/mol. The second-order valence-corrected chi connectivity index (χ2v) is 6.60. The molecular weight excluding hydrogens is 344 g/mol. The number of benzene rings is 1. The van der Waals surface area contributed by atoms with E-state index in [1.54, 1.807) is 31.2 Å². The van der Waals surface area contributed by atoms with Crippen molar-refractivity contribution in [2.75, 3.05) is 0 Å². The number of rotatable bonds is 6. The molecule has 3 amide bonds. The van der Waals surface area contributed by atoms with Gasteiger partial charge >= 0.3 is 6.03 Å². The van der Waals surface area contributed by atoms with Gasteiger partial charge in [0.1, 0.15) is 12.1 Å². The molecular formula is C17H19ClN4O3. The van der Waals surface area contributed by atoms with Crippen LogP contribution < -0.4 is 5.32 Å². The number of urea groups is 1. The summed E-state index contributed by atoms with van der Waals surface area (Å²) in [6.45, 7) is 3.69. The van der Waals surface area contributed by atoms with Gasteiger partial charge in [0.2, 0.25) is 5.89 Å². The summed E-state index contributed by atoms with van der Waals surface area (Å²) in [6, 6.07) is 6.32. The van der Waals surface area contributed by atoms with Crippen molar-refractivity contribution in [3.05, 3.63) is 46.6 Å². The molecule has 0 spiro atoms. The zero-order valence-corrected chi connectivity index (χ0v) is 14.8. The number of imide groups is 1. The number of hydrogen-bond acceptors (Lipinski definition) is 5. The van der Waals surface area contributed by atoms with E-state index < -0.39 is 11.6 Å². The molecule has 7 nitrogen and oxygen atoms in total. The number of nitrogens with one attached hydrogen (secondary N) is 1. The highest BCUT2D eigenvalue weighted by Crippen LogP contribution is 2.30. The molecule has 0 aliphatic carbocycles. The fraction of sp³-hybridized carbons (Fsp3) is 0.412. The van der Waals surface area contributed by atoms with Crippen molar-refractivity contribution in [3.63, 3.8) is 0 Å². The Labute approximate surface area is 150 Å². The number of hydrogen-bond donors (Lipinski definition) is 1. The molecule has 1 saturated heterocycles. The maximum atomic E-state index is 12.8. The highest BCUT2D eigenvalue weighted by atomic mass is 35.5. The molecule has 1 aromatic heterocycles. The Balaban J connectivity index is 1.77. The summed E-state index contributed by atoms with van der Waals surface area (Å²) in [5, 5.41) is 7.17. The van der Waals surface area contributed by atoms with Crippen molar-refractivity contribution in [2.24, 2.45) is 0 Å². The van der Waals surface area contributed by atoms with Gasteiger partial charge in [0, 0.05) is 11.4 Å². The first-order valence-electron chi connectivity index (χ1n) is 8.15. The third-order valence-corrected chi connectivity index (χ3v) is 4.51. The summed E-state index contributed by atoms with van der Waals surface area (Å²) >= 11 is 5.89. The van der Waals surface area contributed by atoms with Crippen molar-refractivity contribution in [3.8, 4) is 0 Å². The first-order chi connectivity index (χ1) is 11.9. The number of nitrogens with zero attached hydrogens (tertiary/aromatic N) is 3. The molecule has 8 heteroatoms. The molecule has 25 heavy (non-hydrogen) atoms. The second kappa shape index (κ2) is 6.84. The Morgan fingerprint density at radius 3 is 2.68 bits per heavy atom. The van der Waals surface area contributed by atoms with Crippen molar-refractivity contribution >= 4 is 23.5 Å². The Morgan fingerprint density at radius 2 is 2.00 bits per heavy atom. The van der Waals surface area contributed by atoms with E-state index in [1.165, 1.54) is 0 Å². The van der Waals surface area contributed by atoms with Gasteiger partial charge in [-0.05, 0) is 31.0 Å². The van der Waals surface area contributed by atoms with Crippen LogP contribution in [0.5, 0.6) is 0 Å². The summed E-state index contributed by atoms with van der Waals surface area (Å²) in [4.78, 5) is 30.5. The second-order valence-electron chi connectivity index (χ2n) is 6.16. The molecule has 1 aliphatic rings. The van der Waals surface area contributed by atoms with Crippen LogP contribution in [0.25, 0.3) is 0 Å². The third kappa shape index (κ3) is 3.37. The molecule has 0 saturated carbocycles. The average Bonchev–Trinajstić information content (AvgIpc) is 3.12. The fourth-order valence-corrected chi connectivity index (χ4v) is 2.87. The summed E-state index contributed by atoms with van der Waals surface area (Å²) < 4.78 is 5.16. The lowest BCUT2D eigenvalue weighted by molar-refractivity contribution is -0.131. The predicted molar refractivity (Wildman–Crippen MR) is 90.8 cm³/mol. The van der Waals surface area contributed by atoms with Crippen LogP contribution in [0.3, 0.4) is 0 Å². The number of aryl methyl sites for hydroxylation is 1. The highest BCUT2D eigenvalue weighted by Gasteiger charge is 2.49. The van der Waals surface area contributed by atoms with E-state index in [0.29, 0.717) is 22.8 Å². The third-order valence-electron chi connectivity index (χ3n) is 4.25. The van der Waals surface area contributed by atoms with Crippen molar-refractivity contribution in [1.29, 1.82) is 0 Å². The van der Waals surface area contributed by atoms with Gasteiger partial charge in [0.05, 0.1) is 0 Å². The highest BCUT2D eigenvalue weighted by molar-refractivity contribution is 6.30. The van der Waals surface area contributed by atoms with E-state index in [0.717, 1.165) is 17.7 Å². The molecule has 1 N–H and O–H groups in total. The lowest BCUT2D eigenvalue weighted by Crippen LogP contribution is -2.40. The molecule has 132 valence electrons. The lowest BCUT2D eigenvalue weighted by atomic mass is 9.92. The van der Waals surface area contributed by atoms with Crippen LogP contribution in [-0.2, 0) is 23.3 Å². The molecule has 1 aliphatic heterocycles. The Bertz CT molecular complexity index is 789. The average molecular weight is 363 g/mol. The van der Waals surface area contributed by atoms with Crippen LogP contribution in [0.4, 0.5) is 4.79 Å². The standard InChI is InChI=1S/C17H19ClN4O3/c1-3-4-5-13-19-14(25-21-13)10-22-15(23)17(2,20-16(22)24)11-6-8-12(18)9-7-11/h6-9H,3-5,10H2,1-2H3,(H,20,24). The van der Waals surface area contributed by atoms with E-state index in [-0.39, 0.29) is 18.3 Å². The summed E-state index contributed by atoms with van der Waals surface area (Å²) in [6.07, 6.45) is 2.69. The summed E-state index contributed by atoms with van der Waals surface area (Å²) in [7, 11) is 0. The first kappa shape index (κ1) is 17.4. The van der Waals surface area contributed by atoms with Crippen LogP contribution in [0.1, 0.15) is 44.0 Å². The zero-order valence-electron chi connectivity index (χ0n) is 14.1. The molecule has 1 fully saturated rings. The number of amides is 3. The van der Waals surface area contributed by atoms with Crippen LogP contribution >= 0.6 is 11.6 Å². The van der Waals surface area contributed by atoms with Gasteiger partial charge < -0.3 is 9.84 Å². The van der Waals surface area contributed by atoms with Gasteiger partial charge in [-0.15, -0.1) is 0 Å². The predicted octanol–water partition coefficient (Wildman–Crippen LogP) is 3.03. The molecule has 0 bridgehead atoms. The van der Waals surface area contributed by atoms with Gasteiger partial charge in [0.25, 0.3) is 5.91 Å². The number of halogens is 1. The van der Waals surface area contributed by atoms with E-state index in [4.69, 9.17) is 16.1 Å². The summed E-state index contributed by atoms with van der Waals surface area (Å²) in [5.41, 5.74) is -0.487. The SMILES string of the molecule is CCCCc1noc(CN2C(=O)NC(C)(c3ccc(Cl)cc3)C2=O)n1. The van der Waals surface area contributed by atoms with Crippen LogP contribution in [0.15, 0.2) is 28.8 Å². The van der Waals surface area contributed by atoms with Crippen LogP contribution in [0, 0.1) is 0 Å². The molecule has 1 unspecified atom stereocenters. The maximum absolute atomic E-state index is 12.8. The molecule has 2 aromatic rings. The number of carbonyl (C=O) groups is 2. The van der Waals surface area contributed by atoms with E-state index in [2.05, 4.69) is 22.4 Å². The number of aromatic nitrogens is 2. The van der Waals surface area contributed by atoms with Crippen LogP contribution in [0.2, 0.25) is 5.02 Å². The molecule has 1 atom stereocenters. The Kier molecular flexibility index (Phi) is 4.76. The molecule has 2 heterocycles. The van der Waals surface area contributed by atoms with Gasteiger partial charge in [0.15, 0.2) is 5.82 Å². The van der Waals surface area contributed by atoms with E-state index in [1.807, 2.05) is 0 Å². The first-order valence-corrected chi connectivity index (χ1v) is 8.53. The quantitative estimate of drug-likeness (QED) is 0.798. The van der Waals surface area contributed by atoms with Gasteiger partial charge in [-0.25, -0.2) is 4.79 Å². The van der Waals surface area contributed by atoms with Gasteiger partial charge in [-0.1, -0.05) is 42.2 Å². The molecule has 0 radical (unpaired) electrons. The fourth-order valence-electron chi connectivity index (χ4n) is 2.75. The minimum absolute atomic E-state index is 0.0486. The van der Waals surface area contributed by atoms with Gasteiger partial charge in [-0.3, -0.25) is 9.69 Å². The minimum Gasteiger partial charge on any atom is -0.337 e. The molecule has 1 aromatic carbocycles. The van der Waals surface area contributed by atoms with Crippen molar-refractivity contribution in [1.82, 2.24) is 20.4 Å². The Hall–Kier alpha value is -2.41. The Morgan fingerprint density at radius 1 is 1.28 bits per heavy atom. The van der Waals surface area contributed by atoms with Crippen molar-refractivity contribution in [2.45, 2.75) is 45.2 Å². The number of unbranched alkanes of at least 4 members (excludes halogenated alkanes) is 1. The normalized spacial score (nSPS) is 20.2. The van der Waals surface area contributed by atoms with Gasteiger partial charge in [-0.2, -0.15) is 4.98 Å². The summed E-state index contributed by atoms with van der Waals surface area (Å²) in [5.74, 6) is 0.465. The molecule has 3 rings (SSSR count). The topological polar surface area (TPSA) is 88.3 Å². The van der Waals surface area contributed by atoms with Crippen LogP contribution in [-0.4, -0.2) is 27.0 Å². The number of carbonyl (C=O) groups excluding carboxylic acids is 2. The van der Waals surface area contributed by atoms with E-state index in [9.17, 15) is 9.59 Å².